The summed E-state index contributed by atoms with van der Waals surface area (Å²) < 4.78 is 0. The van der Waals surface area contributed by atoms with E-state index in [2.05, 4.69) is 20.6 Å². The van der Waals surface area contributed by atoms with Crippen LogP contribution >= 0.6 is 0 Å². The van der Waals surface area contributed by atoms with E-state index >= 15 is 0 Å². The van der Waals surface area contributed by atoms with Gasteiger partial charge in [0.25, 0.3) is 0 Å². The van der Waals surface area contributed by atoms with Crippen LogP contribution in [0, 0.1) is 12.8 Å². The first-order valence-electron chi connectivity index (χ1n) is 8.07. The van der Waals surface area contributed by atoms with Crippen molar-refractivity contribution in [3.05, 3.63) is 23.8 Å². The summed E-state index contributed by atoms with van der Waals surface area (Å²) in [6.07, 6.45) is 11.9. The number of hydrogen-bond acceptors (Lipinski definition) is 4. The fourth-order valence-electron chi connectivity index (χ4n) is 3.71. The van der Waals surface area contributed by atoms with E-state index in [0.717, 1.165) is 29.9 Å². The lowest BCUT2D eigenvalue weighted by Gasteiger charge is -2.33. The van der Waals surface area contributed by atoms with Gasteiger partial charge >= 0.3 is 0 Å². The SMILES string of the molecule is Cc1cnc(CNC2CCCC2C2CCCCN2)cn1. The Morgan fingerprint density at radius 2 is 2.10 bits per heavy atom. The van der Waals surface area contributed by atoms with Crippen LogP contribution in [0.2, 0.25) is 0 Å². The highest BCUT2D eigenvalue weighted by atomic mass is 15.0. The van der Waals surface area contributed by atoms with E-state index < -0.39 is 0 Å². The van der Waals surface area contributed by atoms with Gasteiger partial charge in [-0.3, -0.25) is 9.97 Å². The molecule has 0 radical (unpaired) electrons. The van der Waals surface area contributed by atoms with Crippen LogP contribution in [-0.4, -0.2) is 28.6 Å². The highest BCUT2D eigenvalue weighted by molar-refractivity contribution is 5.01. The number of nitrogens with zero attached hydrogens (tertiary/aromatic N) is 2. The first-order valence-corrected chi connectivity index (χ1v) is 8.07. The number of aryl methyl sites for hydroxylation is 1. The fourth-order valence-corrected chi connectivity index (χ4v) is 3.71. The molecule has 0 aromatic carbocycles. The third-order valence-electron chi connectivity index (χ3n) is 4.81. The summed E-state index contributed by atoms with van der Waals surface area (Å²) >= 11 is 0. The standard InChI is InChI=1S/C16H26N4/c1-12-9-19-13(10-18-12)11-20-16-7-4-5-14(16)15-6-2-3-8-17-15/h9-10,14-17,20H,2-8,11H2,1H3. The van der Waals surface area contributed by atoms with Crippen LogP contribution in [0.1, 0.15) is 49.9 Å². The Morgan fingerprint density at radius 1 is 1.15 bits per heavy atom. The molecule has 20 heavy (non-hydrogen) atoms. The van der Waals surface area contributed by atoms with E-state index in [1.807, 2.05) is 19.3 Å². The van der Waals surface area contributed by atoms with Crippen LogP contribution in [0.15, 0.2) is 12.4 Å². The van der Waals surface area contributed by atoms with Crippen molar-refractivity contribution in [2.75, 3.05) is 6.54 Å². The average molecular weight is 274 g/mol. The molecule has 3 atom stereocenters. The van der Waals surface area contributed by atoms with Crippen LogP contribution in [0.3, 0.4) is 0 Å². The molecule has 1 saturated carbocycles. The Morgan fingerprint density at radius 3 is 2.85 bits per heavy atom. The molecular formula is C16H26N4. The smallest absolute Gasteiger partial charge is 0.0724 e. The van der Waals surface area contributed by atoms with E-state index in [9.17, 15) is 0 Å². The van der Waals surface area contributed by atoms with Crippen LogP contribution in [-0.2, 0) is 6.54 Å². The quantitative estimate of drug-likeness (QED) is 0.883. The predicted octanol–water partition coefficient (Wildman–Crippen LogP) is 2.19. The molecular weight excluding hydrogens is 248 g/mol. The number of nitrogens with one attached hydrogen (secondary N) is 2. The highest BCUT2D eigenvalue weighted by Gasteiger charge is 2.33. The molecule has 1 aromatic rings. The van der Waals surface area contributed by atoms with Gasteiger partial charge in [-0.1, -0.05) is 12.8 Å². The van der Waals surface area contributed by atoms with Crippen LogP contribution in [0.25, 0.3) is 0 Å². The summed E-state index contributed by atoms with van der Waals surface area (Å²) in [6, 6.07) is 1.38. The lowest BCUT2D eigenvalue weighted by molar-refractivity contribution is 0.256. The van der Waals surface area contributed by atoms with Gasteiger partial charge in [0.15, 0.2) is 0 Å². The second-order valence-corrected chi connectivity index (χ2v) is 6.29. The minimum Gasteiger partial charge on any atom is -0.314 e. The highest BCUT2D eigenvalue weighted by Crippen LogP contribution is 2.31. The first-order chi connectivity index (χ1) is 9.83. The molecule has 2 N–H and O–H groups in total. The number of aromatic nitrogens is 2. The predicted molar refractivity (Wildman–Crippen MR) is 80.4 cm³/mol. The zero-order valence-corrected chi connectivity index (χ0v) is 12.4. The van der Waals surface area contributed by atoms with Crippen LogP contribution in [0.4, 0.5) is 0 Å². The van der Waals surface area contributed by atoms with Crippen molar-refractivity contribution in [2.45, 2.75) is 64.1 Å². The number of piperidine rings is 1. The summed E-state index contributed by atoms with van der Waals surface area (Å²) in [5.74, 6) is 0.800. The summed E-state index contributed by atoms with van der Waals surface area (Å²) in [5, 5.41) is 7.45. The number of rotatable bonds is 4. The van der Waals surface area contributed by atoms with E-state index in [-0.39, 0.29) is 0 Å². The Labute approximate surface area is 121 Å². The zero-order valence-electron chi connectivity index (χ0n) is 12.4. The van der Waals surface area contributed by atoms with Gasteiger partial charge in [0.2, 0.25) is 0 Å². The summed E-state index contributed by atoms with van der Waals surface area (Å²) in [6.45, 7) is 4.03. The molecule has 1 saturated heterocycles. The van der Waals surface area contributed by atoms with Crippen molar-refractivity contribution < 1.29 is 0 Å². The Kier molecular flexibility index (Phi) is 4.63. The molecule has 3 unspecified atom stereocenters. The number of hydrogen-bond donors (Lipinski definition) is 2. The van der Waals surface area contributed by atoms with Gasteiger partial charge in [-0.25, -0.2) is 0 Å². The van der Waals surface area contributed by atoms with Gasteiger partial charge in [-0.15, -0.1) is 0 Å². The van der Waals surface area contributed by atoms with E-state index in [4.69, 9.17) is 0 Å². The topological polar surface area (TPSA) is 49.8 Å². The van der Waals surface area contributed by atoms with Crippen molar-refractivity contribution in [3.8, 4) is 0 Å². The lowest BCUT2D eigenvalue weighted by Crippen LogP contribution is -2.46. The first kappa shape index (κ1) is 14.0. The van der Waals surface area contributed by atoms with Crippen molar-refractivity contribution >= 4 is 0 Å². The molecule has 2 heterocycles. The second kappa shape index (κ2) is 6.64. The lowest BCUT2D eigenvalue weighted by atomic mass is 9.88. The minimum atomic E-state index is 0.647. The monoisotopic (exact) mass is 274 g/mol. The molecule has 0 spiro atoms. The molecule has 110 valence electrons. The molecule has 1 aliphatic carbocycles. The summed E-state index contributed by atoms with van der Waals surface area (Å²) in [4.78, 5) is 8.75. The Hall–Kier alpha value is -1.00. The van der Waals surface area contributed by atoms with Crippen molar-refractivity contribution in [1.29, 1.82) is 0 Å². The van der Waals surface area contributed by atoms with Crippen molar-refractivity contribution in [3.63, 3.8) is 0 Å². The maximum atomic E-state index is 4.44. The zero-order chi connectivity index (χ0) is 13.8. The molecule has 1 aromatic heterocycles. The van der Waals surface area contributed by atoms with Crippen LogP contribution in [0.5, 0.6) is 0 Å². The Balaban J connectivity index is 1.54. The van der Waals surface area contributed by atoms with Gasteiger partial charge in [-0.05, 0) is 45.1 Å². The van der Waals surface area contributed by atoms with Gasteiger partial charge in [0.05, 0.1) is 11.4 Å². The molecule has 2 fully saturated rings. The van der Waals surface area contributed by atoms with E-state index in [1.165, 1.54) is 45.1 Å². The van der Waals surface area contributed by atoms with Crippen molar-refractivity contribution in [1.82, 2.24) is 20.6 Å². The Bertz CT molecular complexity index is 411. The summed E-state index contributed by atoms with van der Waals surface area (Å²) in [5.41, 5.74) is 2.04. The van der Waals surface area contributed by atoms with Gasteiger partial charge in [0.1, 0.15) is 0 Å². The third kappa shape index (κ3) is 3.36. The summed E-state index contributed by atoms with van der Waals surface area (Å²) in [7, 11) is 0. The maximum Gasteiger partial charge on any atom is 0.0724 e. The molecule has 3 rings (SSSR count). The van der Waals surface area contributed by atoms with Crippen molar-refractivity contribution in [2.24, 2.45) is 5.92 Å². The molecule has 2 aliphatic rings. The van der Waals surface area contributed by atoms with E-state index in [1.54, 1.807) is 0 Å². The third-order valence-corrected chi connectivity index (χ3v) is 4.81. The van der Waals surface area contributed by atoms with E-state index in [0.29, 0.717) is 6.04 Å². The second-order valence-electron chi connectivity index (χ2n) is 6.29. The molecule has 0 bridgehead atoms. The molecule has 4 nitrogen and oxygen atoms in total. The van der Waals surface area contributed by atoms with Gasteiger partial charge in [-0.2, -0.15) is 0 Å². The molecule has 4 heteroatoms. The minimum absolute atomic E-state index is 0.647. The fraction of sp³-hybridized carbons (Fsp3) is 0.750. The maximum absolute atomic E-state index is 4.44. The van der Waals surface area contributed by atoms with Gasteiger partial charge < -0.3 is 10.6 Å². The van der Waals surface area contributed by atoms with Crippen LogP contribution < -0.4 is 10.6 Å². The molecule has 1 aliphatic heterocycles. The van der Waals surface area contributed by atoms with Gasteiger partial charge in [0, 0.05) is 31.0 Å². The normalized spacial score (nSPS) is 30.6. The largest absolute Gasteiger partial charge is 0.314 e. The molecule has 0 amide bonds. The average Bonchev–Trinajstić information content (AvgIpc) is 2.96.